The molecule has 2 aromatic rings. The first-order valence-electron chi connectivity index (χ1n) is 13.0. The van der Waals surface area contributed by atoms with Crippen LogP contribution in [0.4, 0.5) is 26.3 Å². The zero-order valence-electron chi connectivity index (χ0n) is 22.8. The molecule has 1 fully saturated rings. The van der Waals surface area contributed by atoms with Crippen molar-refractivity contribution in [2.45, 2.75) is 71.0 Å². The Morgan fingerprint density at radius 2 is 1.55 bits per heavy atom. The van der Waals surface area contributed by atoms with E-state index in [4.69, 9.17) is 4.74 Å². The molecule has 3 rings (SSSR count). The van der Waals surface area contributed by atoms with E-state index >= 15 is 0 Å². The highest BCUT2D eigenvalue weighted by atomic mass is 19.4. The Morgan fingerprint density at radius 3 is 2.08 bits per heavy atom. The lowest BCUT2D eigenvalue weighted by atomic mass is 9.87. The van der Waals surface area contributed by atoms with Gasteiger partial charge in [-0.15, -0.1) is 0 Å². The van der Waals surface area contributed by atoms with Gasteiger partial charge in [-0.05, 0) is 42.7 Å². The summed E-state index contributed by atoms with van der Waals surface area (Å²) in [6.07, 6.45) is -11.1. The molecule has 0 aliphatic carbocycles. The average Bonchev–Trinajstić information content (AvgIpc) is 2.87. The van der Waals surface area contributed by atoms with Crippen LogP contribution >= 0.6 is 0 Å². The maximum absolute atomic E-state index is 13.4. The number of nitrogens with zero attached hydrogens (tertiary/aromatic N) is 1. The molecule has 0 saturated carbocycles. The fourth-order valence-electron chi connectivity index (χ4n) is 4.60. The van der Waals surface area contributed by atoms with Gasteiger partial charge in [0.05, 0.1) is 23.3 Å². The third kappa shape index (κ3) is 8.22. The second-order valence-electron chi connectivity index (χ2n) is 11.1. The molecule has 0 spiro atoms. The molecule has 1 heterocycles. The number of hydrogen-bond donors (Lipinski definition) is 1. The molecule has 3 atom stereocenters. The molecule has 0 bridgehead atoms. The summed E-state index contributed by atoms with van der Waals surface area (Å²) in [5.41, 5.74) is -2.79. The van der Waals surface area contributed by atoms with E-state index in [2.05, 4.69) is 5.32 Å². The third-order valence-electron chi connectivity index (χ3n) is 6.89. The van der Waals surface area contributed by atoms with Crippen molar-refractivity contribution in [2.75, 3.05) is 19.6 Å². The number of alkyl halides is 6. The first kappa shape index (κ1) is 31.4. The minimum absolute atomic E-state index is 0.0930. The fourth-order valence-corrected chi connectivity index (χ4v) is 4.60. The van der Waals surface area contributed by atoms with Gasteiger partial charge in [0.1, 0.15) is 0 Å². The molecular formula is C29H34F6N2O3. The molecule has 2 aromatic carbocycles. The van der Waals surface area contributed by atoms with E-state index < -0.39 is 41.1 Å². The molecule has 2 amide bonds. The van der Waals surface area contributed by atoms with Crippen LogP contribution in [0.5, 0.6) is 0 Å². The van der Waals surface area contributed by atoms with Crippen molar-refractivity contribution >= 4 is 11.8 Å². The number of rotatable bonds is 7. The Hall–Kier alpha value is -3.08. The smallest absolute Gasteiger partial charge is 0.370 e. The number of hydrogen-bond acceptors (Lipinski definition) is 3. The zero-order chi connectivity index (χ0) is 29.9. The van der Waals surface area contributed by atoms with Crippen molar-refractivity contribution in [3.05, 3.63) is 70.8 Å². The molecule has 0 aromatic heterocycles. The van der Waals surface area contributed by atoms with Crippen LogP contribution in [0, 0.1) is 5.41 Å². The van der Waals surface area contributed by atoms with Crippen LogP contribution in [-0.2, 0) is 26.7 Å². The second-order valence-corrected chi connectivity index (χ2v) is 11.1. The SMILES string of the molecule is C[C@@H](O[C@H]1CCN(C(=O)CCNC(=O)C(C)(C)C)C[C@H]1c1ccccc1)c1cc(C(F)(F)F)cc(C(F)(F)F)c1. The number of halogens is 6. The van der Waals surface area contributed by atoms with Crippen molar-refractivity contribution in [3.63, 3.8) is 0 Å². The lowest BCUT2D eigenvalue weighted by Gasteiger charge is -2.40. The Morgan fingerprint density at radius 1 is 0.975 bits per heavy atom. The lowest BCUT2D eigenvalue weighted by Crippen LogP contribution is -2.47. The van der Waals surface area contributed by atoms with E-state index in [-0.39, 0.29) is 48.9 Å². The van der Waals surface area contributed by atoms with Crippen LogP contribution in [0.2, 0.25) is 0 Å². The molecule has 0 unspecified atom stereocenters. The normalized spacial score (nSPS) is 19.3. The summed E-state index contributed by atoms with van der Waals surface area (Å²) in [7, 11) is 0. The summed E-state index contributed by atoms with van der Waals surface area (Å²) < 4.78 is 86.4. The summed E-state index contributed by atoms with van der Waals surface area (Å²) in [4.78, 5) is 26.7. The van der Waals surface area contributed by atoms with Gasteiger partial charge in [0.15, 0.2) is 0 Å². The highest BCUT2D eigenvalue weighted by Crippen LogP contribution is 2.39. The molecular weight excluding hydrogens is 538 g/mol. The number of piperidine rings is 1. The molecule has 1 aliphatic rings. The largest absolute Gasteiger partial charge is 0.416 e. The van der Waals surface area contributed by atoms with E-state index in [0.717, 1.165) is 5.56 Å². The highest BCUT2D eigenvalue weighted by molar-refractivity contribution is 5.82. The number of carbonyl (C=O) groups is 2. The van der Waals surface area contributed by atoms with Gasteiger partial charge in [-0.2, -0.15) is 26.3 Å². The summed E-state index contributed by atoms with van der Waals surface area (Å²) in [6.45, 7) is 7.45. The van der Waals surface area contributed by atoms with Gasteiger partial charge < -0.3 is 15.0 Å². The summed E-state index contributed by atoms with van der Waals surface area (Å²) in [5, 5.41) is 2.75. The zero-order valence-corrected chi connectivity index (χ0v) is 22.8. The van der Waals surface area contributed by atoms with Crippen molar-refractivity contribution in [1.82, 2.24) is 10.2 Å². The van der Waals surface area contributed by atoms with Crippen LogP contribution in [0.3, 0.4) is 0 Å². The maximum Gasteiger partial charge on any atom is 0.416 e. The average molecular weight is 573 g/mol. The Bertz CT molecular complexity index is 1140. The Labute approximate surface area is 229 Å². The number of benzene rings is 2. The molecule has 11 heteroatoms. The number of ether oxygens (including phenoxy) is 1. The molecule has 1 aliphatic heterocycles. The summed E-state index contributed by atoms with van der Waals surface area (Å²) >= 11 is 0. The van der Waals surface area contributed by atoms with Gasteiger partial charge in [0.2, 0.25) is 11.8 Å². The quantitative estimate of drug-likeness (QED) is 0.374. The van der Waals surface area contributed by atoms with E-state index in [1.165, 1.54) is 6.92 Å². The van der Waals surface area contributed by atoms with E-state index in [0.29, 0.717) is 25.1 Å². The lowest BCUT2D eigenvalue weighted by molar-refractivity contribution is -0.143. The van der Waals surface area contributed by atoms with E-state index in [9.17, 15) is 35.9 Å². The van der Waals surface area contributed by atoms with Gasteiger partial charge in [0, 0.05) is 37.4 Å². The monoisotopic (exact) mass is 572 g/mol. The maximum atomic E-state index is 13.4. The molecule has 5 nitrogen and oxygen atoms in total. The van der Waals surface area contributed by atoms with Gasteiger partial charge in [-0.25, -0.2) is 0 Å². The highest BCUT2D eigenvalue weighted by Gasteiger charge is 2.39. The van der Waals surface area contributed by atoms with Gasteiger partial charge in [0.25, 0.3) is 0 Å². The minimum atomic E-state index is -4.96. The van der Waals surface area contributed by atoms with Crippen LogP contribution in [-0.4, -0.2) is 42.5 Å². The predicted octanol–water partition coefficient (Wildman–Crippen LogP) is 6.74. The second kappa shape index (κ2) is 12.2. The molecule has 220 valence electrons. The van der Waals surface area contributed by atoms with E-state index in [1.807, 2.05) is 18.2 Å². The first-order valence-corrected chi connectivity index (χ1v) is 13.0. The van der Waals surface area contributed by atoms with Crippen LogP contribution in [0.25, 0.3) is 0 Å². The predicted molar refractivity (Wildman–Crippen MR) is 137 cm³/mol. The van der Waals surface area contributed by atoms with Gasteiger partial charge in [-0.1, -0.05) is 51.1 Å². The molecule has 1 saturated heterocycles. The number of carbonyl (C=O) groups excluding carboxylic acids is 2. The summed E-state index contributed by atoms with van der Waals surface area (Å²) in [5.74, 6) is -0.709. The van der Waals surface area contributed by atoms with Crippen molar-refractivity contribution in [3.8, 4) is 0 Å². The molecule has 0 radical (unpaired) electrons. The van der Waals surface area contributed by atoms with E-state index in [1.54, 1.807) is 37.8 Å². The standard InChI is InChI=1S/C29H34F6N2O3/c1-18(20-14-21(28(30,31)32)16-22(15-20)29(33,34)35)40-24-11-13-37(17-23(24)19-8-6-5-7-9-19)25(38)10-12-36-26(39)27(2,3)4/h5-9,14-16,18,23-24H,10-13,17H2,1-4H3,(H,36,39)/t18-,23+,24+/m1/s1. The van der Waals surface area contributed by atoms with Crippen LogP contribution < -0.4 is 5.32 Å². The molecule has 1 N–H and O–H groups in total. The first-order chi connectivity index (χ1) is 18.5. The molecule has 40 heavy (non-hydrogen) atoms. The van der Waals surface area contributed by atoms with Gasteiger partial charge >= 0.3 is 12.4 Å². The summed E-state index contributed by atoms with van der Waals surface area (Å²) in [6, 6.07) is 10.6. The van der Waals surface area contributed by atoms with Gasteiger partial charge in [-0.3, -0.25) is 9.59 Å². The topological polar surface area (TPSA) is 58.6 Å². The Kier molecular flexibility index (Phi) is 9.59. The van der Waals surface area contributed by atoms with Crippen LogP contribution in [0.1, 0.15) is 74.8 Å². The van der Waals surface area contributed by atoms with Crippen LogP contribution in [0.15, 0.2) is 48.5 Å². The third-order valence-corrected chi connectivity index (χ3v) is 6.89. The van der Waals surface area contributed by atoms with Crippen molar-refractivity contribution < 1.29 is 40.7 Å². The number of likely N-dealkylation sites (tertiary alicyclic amines) is 1. The van der Waals surface area contributed by atoms with Crippen molar-refractivity contribution in [1.29, 1.82) is 0 Å². The number of amides is 2. The number of nitrogens with one attached hydrogen (secondary N) is 1. The minimum Gasteiger partial charge on any atom is -0.370 e. The fraction of sp³-hybridized carbons (Fsp3) is 0.517. The Balaban J connectivity index is 1.78. The van der Waals surface area contributed by atoms with Crippen molar-refractivity contribution in [2.24, 2.45) is 5.41 Å².